The highest BCUT2D eigenvalue weighted by Gasteiger charge is 2.12. The van der Waals surface area contributed by atoms with Crippen molar-refractivity contribution in [1.29, 1.82) is 0 Å². The molecule has 0 aliphatic carbocycles. The number of hydrogen-bond acceptors (Lipinski definition) is 4. The van der Waals surface area contributed by atoms with Crippen molar-refractivity contribution in [3.8, 4) is 0 Å². The lowest BCUT2D eigenvalue weighted by Crippen LogP contribution is -2.03. The number of benzene rings is 1. The summed E-state index contributed by atoms with van der Waals surface area (Å²) in [5, 5.41) is 0.0386. The minimum absolute atomic E-state index is 0.0101. The number of thiophene rings is 1. The summed E-state index contributed by atoms with van der Waals surface area (Å²) in [6.45, 7) is 1.81. The van der Waals surface area contributed by atoms with Crippen molar-refractivity contribution in [3.63, 3.8) is 0 Å². The Balaban J connectivity index is 2.02. The second-order valence-electron chi connectivity index (χ2n) is 3.95. The Labute approximate surface area is 118 Å². The van der Waals surface area contributed by atoms with Gasteiger partial charge in [-0.15, -0.1) is 11.3 Å². The first-order chi connectivity index (χ1) is 8.97. The highest BCUT2D eigenvalue weighted by molar-refractivity contribution is 7.14. The minimum atomic E-state index is -0.536. The zero-order valence-corrected chi connectivity index (χ0v) is 11.6. The molecule has 0 fully saturated rings. The lowest BCUT2D eigenvalue weighted by molar-refractivity contribution is 0.0478. The van der Waals surface area contributed by atoms with Crippen LogP contribution in [0.2, 0.25) is 5.02 Å². The van der Waals surface area contributed by atoms with Gasteiger partial charge in [-0.1, -0.05) is 17.7 Å². The molecule has 0 bridgehead atoms. The molecule has 6 heteroatoms. The van der Waals surface area contributed by atoms with Crippen molar-refractivity contribution in [2.45, 2.75) is 13.5 Å². The van der Waals surface area contributed by atoms with E-state index in [1.165, 1.54) is 23.5 Å². The highest BCUT2D eigenvalue weighted by atomic mass is 35.5. The van der Waals surface area contributed by atoms with E-state index in [0.29, 0.717) is 16.1 Å². The summed E-state index contributed by atoms with van der Waals surface area (Å²) < 4.78 is 18.3. The molecule has 0 radical (unpaired) electrons. The zero-order chi connectivity index (χ0) is 14.0. The molecule has 0 atom stereocenters. The quantitative estimate of drug-likeness (QED) is 0.877. The van der Waals surface area contributed by atoms with E-state index in [4.69, 9.17) is 22.1 Å². The standard InChI is InChI=1S/C13H11ClFNO2S/c1-7-11(16)5-12(19-7)13(17)18-6-8-2-3-9(14)10(15)4-8/h2-5H,6,16H2,1H3. The molecule has 19 heavy (non-hydrogen) atoms. The first kappa shape index (κ1) is 13.8. The fourth-order valence-corrected chi connectivity index (χ4v) is 2.40. The van der Waals surface area contributed by atoms with Crippen LogP contribution in [-0.2, 0) is 11.3 Å². The Morgan fingerprint density at radius 1 is 1.47 bits per heavy atom. The number of hydrogen-bond donors (Lipinski definition) is 1. The molecule has 0 aliphatic rings. The van der Waals surface area contributed by atoms with E-state index in [1.54, 1.807) is 12.1 Å². The van der Waals surface area contributed by atoms with Gasteiger partial charge in [-0.25, -0.2) is 9.18 Å². The smallest absolute Gasteiger partial charge is 0.348 e. The van der Waals surface area contributed by atoms with Gasteiger partial charge in [0.1, 0.15) is 17.3 Å². The Morgan fingerprint density at radius 2 is 2.21 bits per heavy atom. The average Bonchev–Trinajstić information content (AvgIpc) is 2.71. The maximum atomic E-state index is 13.2. The predicted octanol–water partition coefficient (Wildman–Crippen LogP) is 3.79. The van der Waals surface area contributed by atoms with E-state index in [-0.39, 0.29) is 11.6 Å². The van der Waals surface area contributed by atoms with E-state index < -0.39 is 11.8 Å². The van der Waals surface area contributed by atoms with Crippen molar-refractivity contribution in [3.05, 3.63) is 50.4 Å². The summed E-state index contributed by atoms with van der Waals surface area (Å²) in [6.07, 6.45) is 0. The van der Waals surface area contributed by atoms with Gasteiger partial charge in [0, 0.05) is 10.6 Å². The summed E-state index contributed by atoms with van der Waals surface area (Å²) in [7, 11) is 0. The number of rotatable bonds is 3. The molecule has 2 rings (SSSR count). The normalized spacial score (nSPS) is 10.5. The van der Waals surface area contributed by atoms with Gasteiger partial charge in [-0.3, -0.25) is 0 Å². The summed E-state index contributed by atoms with van der Waals surface area (Å²) in [5.41, 5.74) is 6.76. The van der Waals surface area contributed by atoms with Gasteiger partial charge < -0.3 is 10.5 Å². The van der Waals surface area contributed by atoms with Crippen LogP contribution in [0.25, 0.3) is 0 Å². The average molecular weight is 300 g/mol. The topological polar surface area (TPSA) is 52.3 Å². The number of esters is 1. The molecule has 3 nitrogen and oxygen atoms in total. The van der Waals surface area contributed by atoms with Crippen LogP contribution < -0.4 is 5.73 Å². The zero-order valence-electron chi connectivity index (χ0n) is 10.1. The van der Waals surface area contributed by atoms with Crippen LogP contribution in [-0.4, -0.2) is 5.97 Å². The Kier molecular flexibility index (Phi) is 4.07. The molecule has 0 spiro atoms. The maximum Gasteiger partial charge on any atom is 0.348 e. The van der Waals surface area contributed by atoms with Crippen LogP contribution in [0.3, 0.4) is 0 Å². The second kappa shape index (κ2) is 5.59. The van der Waals surface area contributed by atoms with Crippen molar-refractivity contribution in [2.75, 3.05) is 5.73 Å². The summed E-state index contributed by atoms with van der Waals surface area (Å²) in [6, 6.07) is 5.84. The van der Waals surface area contributed by atoms with Crippen LogP contribution in [0.1, 0.15) is 20.1 Å². The Morgan fingerprint density at radius 3 is 2.79 bits per heavy atom. The number of aryl methyl sites for hydroxylation is 1. The van der Waals surface area contributed by atoms with Crippen LogP contribution in [0.15, 0.2) is 24.3 Å². The summed E-state index contributed by atoms with van der Waals surface area (Å²) >= 11 is 6.83. The van der Waals surface area contributed by atoms with Crippen molar-refractivity contribution in [1.82, 2.24) is 0 Å². The second-order valence-corrected chi connectivity index (χ2v) is 5.61. The third kappa shape index (κ3) is 3.24. The number of nitrogen functional groups attached to an aromatic ring is 1. The molecular formula is C13H11ClFNO2S. The summed E-state index contributed by atoms with van der Waals surface area (Å²) in [5.74, 6) is -1.01. The molecule has 0 unspecified atom stereocenters. The van der Waals surface area contributed by atoms with Gasteiger partial charge in [-0.05, 0) is 30.7 Å². The molecule has 0 amide bonds. The van der Waals surface area contributed by atoms with Crippen molar-refractivity contribution in [2.24, 2.45) is 0 Å². The molecular weight excluding hydrogens is 289 g/mol. The molecule has 1 aromatic carbocycles. The van der Waals surface area contributed by atoms with Gasteiger partial charge in [0.2, 0.25) is 0 Å². The molecule has 2 aromatic rings. The molecule has 1 aromatic heterocycles. The lowest BCUT2D eigenvalue weighted by Gasteiger charge is -2.04. The fraction of sp³-hybridized carbons (Fsp3) is 0.154. The van der Waals surface area contributed by atoms with Gasteiger partial charge in [0.15, 0.2) is 0 Å². The molecule has 0 saturated heterocycles. The predicted molar refractivity (Wildman–Crippen MR) is 74.0 cm³/mol. The first-order valence-electron chi connectivity index (χ1n) is 5.44. The van der Waals surface area contributed by atoms with Crippen molar-refractivity contribution >= 4 is 34.6 Å². The third-order valence-electron chi connectivity index (χ3n) is 2.51. The SMILES string of the molecule is Cc1sc(C(=O)OCc2ccc(Cl)c(F)c2)cc1N. The lowest BCUT2D eigenvalue weighted by atomic mass is 10.2. The van der Waals surface area contributed by atoms with Crippen LogP contribution in [0.4, 0.5) is 10.1 Å². The third-order valence-corrected chi connectivity index (χ3v) is 3.86. The first-order valence-corrected chi connectivity index (χ1v) is 6.64. The fourth-order valence-electron chi connectivity index (χ4n) is 1.45. The van der Waals surface area contributed by atoms with E-state index >= 15 is 0 Å². The van der Waals surface area contributed by atoms with E-state index in [2.05, 4.69) is 0 Å². The van der Waals surface area contributed by atoms with Crippen molar-refractivity contribution < 1.29 is 13.9 Å². The number of halogens is 2. The van der Waals surface area contributed by atoms with Gasteiger partial charge in [-0.2, -0.15) is 0 Å². The Bertz CT molecular complexity index is 608. The minimum Gasteiger partial charge on any atom is -0.457 e. The maximum absolute atomic E-state index is 13.2. The van der Waals surface area contributed by atoms with Crippen LogP contribution >= 0.6 is 22.9 Å². The number of carbonyl (C=O) groups excluding carboxylic acids is 1. The molecule has 1 heterocycles. The summed E-state index contributed by atoms with van der Waals surface area (Å²) in [4.78, 5) is 13.0. The van der Waals surface area contributed by atoms with Gasteiger partial charge in [0.25, 0.3) is 0 Å². The highest BCUT2D eigenvalue weighted by Crippen LogP contribution is 2.24. The largest absolute Gasteiger partial charge is 0.457 e. The molecule has 0 saturated carbocycles. The number of nitrogens with two attached hydrogens (primary N) is 1. The van der Waals surface area contributed by atoms with E-state index in [1.807, 2.05) is 6.92 Å². The number of anilines is 1. The number of carbonyl (C=O) groups is 1. The van der Waals surface area contributed by atoms with E-state index in [0.717, 1.165) is 4.88 Å². The monoisotopic (exact) mass is 299 g/mol. The van der Waals surface area contributed by atoms with Crippen LogP contribution in [0, 0.1) is 12.7 Å². The van der Waals surface area contributed by atoms with E-state index in [9.17, 15) is 9.18 Å². The Hall–Kier alpha value is -1.59. The molecule has 100 valence electrons. The number of ether oxygens (including phenoxy) is 1. The van der Waals surface area contributed by atoms with Gasteiger partial charge >= 0.3 is 5.97 Å². The molecule has 2 N–H and O–H groups in total. The van der Waals surface area contributed by atoms with Crippen LogP contribution in [0.5, 0.6) is 0 Å². The molecule has 0 aliphatic heterocycles. The van der Waals surface area contributed by atoms with Gasteiger partial charge in [0.05, 0.1) is 5.02 Å².